The molecule has 1 aliphatic rings. The summed E-state index contributed by atoms with van der Waals surface area (Å²) in [5.74, 6) is 0. The van der Waals surface area contributed by atoms with Crippen LogP contribution in [0.1, 0.15) is 31.9 Å². The Morgan fingerprint density at radius 1 is 1.23 bits per heavy atom. The van der Waals surface area contributed by atoms with E-state index in [1.165, 1.54) is 16.8 Å². The summed E-state index contributed by atoms with van der Waals surface area (Å²) < 4.78 is 0. The Bertz CT molecular complexity index is 323. The lowest BCUT2D eigenvalue weighted by Crippen LogP contribution is -2.11. The molecule has 0 fully saturated rings. The van der Waals surface area contributed by atoms with Gasteiger partial charge in [0.15, 0.2) is 0 Å². The second-order valence-corrected chi connectivity index (χ2v) is 4.60. The number of anilines is 1. The molecule has 0 aromatic heterocycles. The summed E-state index contributed by atoms with van der Waals surface area (Å²) in [7, 11) is 0. The van der Waals surface area contributed by atoms with E-state index in [1.54, 1.807) is 0 Å². The number of hydrazine groups is 1. The zero-order chi connectivity index (χ0) is 9.47. The predicted octanol–water partition coefficient (Wildman–Crippen LogP) is 2.41. The Morgan fingerprint density at radius 2 is 2.00 bits per heavy atom. The lowest BCUT2D eigenvalue weighted by Gasteiger charge is -2.19. The fourth-order valence-electron chi connectivity index (χ4n) is 1.56. The van der Waals surface area contributed by atoms with E-state index in [-0.39, 0.29) is 5.41 Å². The van der Waals surface area contributed by atoms with Crippen LogP contribution < -0.4 is 10.9 Å². The average Bonchev–Trinajstić information content (AvgIpc) is 2.47. The summed E-state index contributed by atoms with van der Waals surface area (Å²) in [5, 5.41) is 0. The summed E-state index contributed by atoms with van der Waals surface area (Å²) >= 11 is 0. The van der Waals surface area contributed by atoms with E-state index in [1.807, 2.05) is 0 Å². The number of fused-ring (bicyclic) bond motifs is 1. The van der Waals surface area contributed by atoms with E-state index in [9.17, 15) is 0 Å². The Labute approximate surface area is 79.3 Å². The van der Waals surface area contributed by atoms with Gasteiger partial charge in [-0.25, -0.2) is 5.43 Å². The van der Waals surface area contributed by atoms with Crippen molar-refractivity contribution in [3.8, 4) is 0 Å². The molecule has 1 aromatic rings. The fraction of sp³-hybridized carbons (Fsp3) is 0.455. The third-order valence-electron chi connectivity index (χ3n) is 2.47. The van der Waals surface area contributed by atoms with Gasteiger partial charge in [-0.15, -0.1) is 0 Å². The van der Waals surface area contributed by atoms with Crippen LogP contribution in [0.25, 0.3) is 0 Å². The van der Waals surface area contributed by atoms with Gasteiger partial charge >= 0.3 is 0 Å². The van der Waals surface area contributed by atoms with Crippen LogP contribution in [0.2, 0.25) is 0 Å². The van der Waals surface area contributed by atoms with Gasteiger partial charge in [0.05, 0.1) is 5.69 Å². The van der Waals surface area contributed by atoms with Gasteiger partial charge in [-0.3, -0.25) is 0 Å². The molecular weight excluding hydrogens is 160 g/mol. The quantitative estimate of drug-likeness (QED) is 0.634. The van der Waals surface area contributed by atoms with Gasteiger partial charge in [0, 0.05) is 6.54 Å². The Balaban J connectivity index is 2.42. The van der Waals surface area contributed by atoms with Crippen LogP contribution >= 0.6 is 0 Å². The smallest absolute Gasteiger partial charge is 0.0533 e. The molecule has 0 unspecified atom stereocenters. The first-order valence-electron chi connectivity index (χ1n) is 4.70. The summed E-state index contributed by atoms with van der Waals surface area (Å²) in [5.41, 5.74) is 10.5. The summed E-state index contributed by atoms with van der Waals surface area (Å²) in [4.78, 5) is 0. The maximum atomic E-state index is 3.13. The standard InChI is InChI=1S/C11H16N2/c1-11(2,3)9-4-5-10-8(6-9)7-12-13-10/h4-6,12-13H,7H2,1-3H3. The van der Waals surface area contributed by atoms with Gasteiger partial charge in [-0.1, -0.05) is 32.9 Å². The van der Waals surface area contributed by atoms with Gasteiger partial charge in [0.2, 0.25) is 0 Å². The molecule has 0 saturated carbocycles. The van der Waals surface area contributed by atoms with E-state index in [4.69, 9.17) is 0 Å². The molecule has 0 bridgehead atoms. The first kappa shape index (κ1) is 8.57. The third-order valence-corrected chi connectivity index (χ3v) is 2.47. The van der Waals surface area contributed by atoms with Crippen molar-refractivity contribution in [3.63, 3.8) is 0 Å². The van der Waals surface area contributed by atoms with Gasteiger partial charge < -0.3 is 5.43 Å². The minimum atomic E-state index is 0.248. The van der Waals surface area contributed by atoms with Crippen LogP contribution in [0.5, 0.6) is 0 Å². The Hall–Kier alpha value is -1.02. The molecule has 0 aliphatic carbocycles. The highest BCUT2D eigenvalue weighted by Crippen LogP contribution is 2.28. The first-order valence-corrected chi connectivity index (χ1v) is 4.70. The molecular formula is C11H16N2. The van der Waals surface area contributed by atoms with Crippen molar-refractivity contribution in [2.24, 2.45) is 0 Å². The molecule has 70 valence electrons. The van der Waals surface area contributed by atoms with Crippen LogP contribution in [-0.4, -0.2) is 0 Å². The second-order valence-electron chi connectivity index (χ2n) is 4.60. The zero-order valence-corrected chi connectivity index (χ0v) is 8.44. The van der Waals surface area contributed by atoms with E-state index < -0.39 is 0 Å². The SMILES string of the molecule is CC(C)(C)c1ccc2c(c1)CNN2. The van der Waals surface area contributed by atoms with Gasteiger partial charge in [0.25, 0.3) is 0 Å². The number of hydrogen-bond donors (Lipinski definition) is 2. The molecule has 2 heteroatoms. The molecule has 0 amide bonds. The van der Waals surface area contributed by atoms with Crippen LogP contribution in [0.4, 0.5) is 5.69 Å². The molecule has 0 radical (unpaired) electrons. The predicted molar refractivity (Wildman–Crippen MR) is 55.6 cm³/mol. The third kappa shape index (κ3) is 1.54. The molecule has 2 N–H and O–H groups in total. The molecule has 1 heterocycles. The molecule has 1 aliphatic heterocycles. The monoisotopic (exact) mass is 176 g/mol. The van der Waals surface area contributed by atoms with Crippen molar-refractivity contribution in [2.45, 2.75) is 32.7 Å². The van der Waals surface area contributed by atoms with Crippen molar-refractivity contribution >= 4 is 5.69 Å². The first-order chi connectivity index (χ1) is 6.07. The van der Waals surface area contributed by atoms with Crippen molar-refractivity contribution in [3.05, 3.63) is 29.3 Å². The van der Waals surface area contributed by atoms with E-state index in [2.05, 4.69) is 49.8 Å². The maximum absolute atomic E-state index is 3.13. The average molecular weight is 176 g/mol. The highest BCUT2D eigenvalue weighted by atomic mass is 15.4. The molecule has 0 atom stereocenters. The normalized spacial score (nSPS) is 15.3. The van der Waals surface area contributed by atoms with E-state index >= 15 is 0 Å². The lowest BCUT2D eigenvalue weighted by atomic mass is 9.86. The second kappa shape index (κ2) is 2.74. The van der Waals surface area contributed by atoms with E-state index in [0.717, 1.165) is 6.54 Å². The van der Waals surface area contributed by atoms with Crippen molar-refractivity contribution in [2.75, 3.05) is 5.43 Å². The van der Waals surface area contributed by atoms with E-state index in [0.29, 0.717) is 0 Å². The van der Waals surface area contributed by atoms with Crippen LogP contribution in [0.15, 0.2) is 18.2 Å². The maximum Gasteiger partial charge on any atom is 0.0533 e. The van der Waals surface area contributed by atoms with Gasteiger partial charge in [-0.2, -0.15) is 0 Å². The van der Waals surface area contributed by atoms with Crippen molar-refractivity contribution in [1.29, 1.82) is 0 Å². The van der Waals surface area contributed by atoms with Gasteiger partial charge in [-0.05, 0) is 22.6 Å². The summed E-state index contributed by atoms with van der Waals surface area (Å²) in [6.45, 7) is 7.65. The summed E-state index contributed by atoms with van der Waals surface area (Å²) in [6, 6.07) is 6.62. The Kier molecular flexibility index (Phi) is 1.81. The molecule has 0 spiro atoms. The molecule has 2 rings (SSSR count). The van der Waals surface area contributed by atoms with Gasteiger partial charge in [0.1, 0.15) is 0 Å². The summed E-state index contributed by atoms with van der Waals surface area (Å²) in [6.07, 6.45) is 0. The molecule has 0 saturated heterocycles. The highest BCUT2D eigenvalue weighted by molar-refractivity contribution is 5.55. The Morgan fingerprint density at radius 3 is 2.69 bits per heavy atom. The van der Waals surface area contributed by atoms with Crippen LogP contribution in [0, 0.1) is 0 Å². The number of rotatable bonds is 0. The van der Waals surface area contributed by atoms with Crippen molar-refractivity contribution in [1.82, 2.24) is 5.43 Å². The number of nitrogens with one attached hydrogen (secondary N) is 2. The lowest BCUT2D eigenvalue weighted by molar-refractivity contribution is 0.589. The topological polar surface area (TPSA) is 24.1 Å². The molecule has 1 aromatic carbocycles. The minimum Gasteiger partial charge on any atom is -0.321 e. The number of hydrogen-bond acceptors (Lipinski definition) is 2. The van der Waals surface area contributed by atoms with Crippen LogP contribution in [0.3, 0.4) is 0 Å². The van der Waals surface area contributed by atoms with Crippen molar-refractivity contribution < 1.29 is 0 Å². The highest BCUT2D eigenvalue weighted by Gasteiger charge is 2.16. The molecule has 2 nitrogen and oxygen atoms in total. The zero-order valence-electron chi connectivity index (χ0n) is 8.44. The molecule has 13 heavy (non-hydrogen) atoms. The minimum absolute atomic E-state index is 0.248. The van der Waals surface area contributed by atoms with Crippen LogP contribution in [-0.2, 0) is 12.0 Å². The number of benzene rings is 1. The largest absolute Gasteiger partial charge is 0.321 e. The fourth-order valence-corrected chi connectivity index (χ4v) is 1.56.